The largest absolute Gasteiger partial charge is 0.490 e. The summed E-state index contributed by atoms with van der Waals surface area (Å²) in [5.41, 5.74) is -0.685. The van der Waals surface area contributed by atoms with E-state index in [1.54, 1.807) is 25.1 Å². The second-order valence-electron chi connectivity index (χ2n) is 7.36. The van der Waals surface area contributed by atoms with Crippen LogP contribution in [0, 0.1) is 5.92 Å². The van der Waals surface area contributed by atoms with Gasteiger partial charge in [-0.25, -0.2) is 4.79 Å². The van der Waals surface area contributed by atoms with Gasteiger partial charge in [-0.1, -0.05) is 19.9 Å². The molecule has 8 heteroatoms. The van der Waals surface area contributed by atoms with E-state index in [4.69, 9.17) is 9.47 Å². The van der Waals surface area contributed by atoms with Gasteiger partial charge in [-0.3, -0.25) is 14.5 Å². The van der Waals surface area contributed by atoms with Gasteiger partial charge in [-0.2, -0.15) is 0 Å². The lowest BCUT2D eigenvalue weighted by molar-refractivity contribution is -0.134. The van der Waals surface area contributed by atoms with Crippen LogP contribution in [0.3, 0.4) is 0 Å². The van der Waals surface area contributed by atoms with E-state index in [9.17, 15) is 14.4 Å². The van der Waals surface area contributed by atoms with Crippen molar-refractivity contribution in [3.63, 3.8) is 0 Å². The van der Waals surface area contributed by atoms with E-state index in [0.29, 0.717) is 36.8 Å². The lowest BCUT2D eigenvalue weighted by Crippen LogP contribution is -2.43. The molecule has 27 heavy (non-hydrogen) atoms. The van der Waals surface area contributed by atoms with Gasteiger partial charge in [-0.15, -0.1) is 0 Å². The van der Waals surface area contributed by atoms with E-state index in [1.165, 1.54) is 0 Å². The summed E-state index contributed by atoms with van der Waals surface area (Å²) >= 11 is 0. The minimum Gasteiger partial charge on any atom is -0.490 e. The van der Waals surface area contributed by atoms with Crippen molar-refractivity contribution in [2.45, 2.75) is 32.7 Å². The molecule has 0 saturated carbocycles. The van der Waals surface area contributed by atoms with E-state index in [-0.39, 0.29) is 18.4 Å². The van der Waals surface area contributed by atoms with Crippen molar-refractivity contribution in [1.82, 2.24) is 15.5 Å². The fraction of sp³-hybridized carbons (Fsp3) is 0.526. The number of nitrogens with one attached hydrogen (secondary N) is 2. The van der Waals surface area contributed by atoms with E-state index in [2.05, 4.69) is 10.6 Å². The van der Waals surface area contributed by atoms with E-state index in [0.717, 1.165) is 11.3 Å². The molecule has 1 aromatic carbocycles. The van der Waals surface area contributed by atoms with Crippen LogP contribution in [0.5, 0.6) is 11.5 Å². The fourth-order valence-corrected chi connectivity index (χ4v) is 3.03. The Labute approximate surface area is 158 Å². The molecule has 3 rings (SSSR count). The first-order valence-electron chi connectivity index (χ1n) is 9.12. The van der Waals surface area contributed by atoms with Crippen LogP contribution in [0.4, 0.5) is 4.79 Å². The van der Waals surface area contributed by atoms with Crippen LogP contribution in [0.15, 0.2) is 18.2 Å². The van der Waals surface area contributed by atoms with Crippen molar-refractivity contribution >= 4 is 17.8 Å². The Morgan fingerprint density at radius 2 is 1.96 bits per heavy atom. The third kappa shape index (κ3) is 3.84. The van der Waals surface area contributed by atoms with Gasteiger partial charge in [0.2, 0.25) is 5.91 Å². The second kappa shape index (κ2) is 7.46. The maximum Gasteiger partial charge on any atom is 0.325 e. The van der Waals surface area contributed by atoms with E-state index in [1.807, 2.05) is 13.8 Å². The van der Waals surface area contributed by atoms with E-state index < -0.39 is 17.5 Å². The first kappa shape index (κ1) is 19.0. The first-order chi connectivity index (χ1) is 12.8. The number of nitrogens with zero attached hydrogens (tertiary/aromatic N) is 1. The molecule has 1 saturated heterocycles. The van der Waals surface area contributed by atoms with Gasteiger partial charge >= 0.3 is 6.03 Å². The Morgan fingerprint density at radius 3 is 2.67 bits per heavy atom. The Morgan fingerprint density at radius 1 is 1.26 bits per heavy atom. The van der Waals surface area contributed by atoms with Gasteiger partial charge in [0.15, 0.2) is 11.5 Å². The van der Waals surface area contributed by atoms with E-state index >= 15 is 0 Å². The summed E-state index contributed by atoms with van der Waals surface area (Å²) in [5.74, 6) is 0.601. The third-order valence-corrected chi connectivity index (χ3v) is 4.61. The average molecular weight is 375 g/mol. The lowest BCUT2D eigenvalue weighted by Gasteiger charge is -2.23. The number of hydrogen-bond acceptors (Lipinski definition) is 5. The third-order valence-electron chi connectivity index (χ3n) is 4.61. The zero-order valence-corrected chi connectivity index (χ0v) is 15.8. The van der Waals surface area contributed by atoms with Crippen molar-refractivity contribution in [2.75, 3.05) is 26.3 Å². The van der Waals surface area contributed by atoms with Crippen molar-refractivity contribution in [2.24, 2.45) is 5.92 Å². The molecule has 4 amide bonds. The number of imide groups is 1. The van der Waals surface area contributed by atoms with Crippen LogP contribution >= 0.6 is 0 Å². The number of amides is 4. The molecular weight excluding hydrogens is 350 g/mol. The van der Waals surface area contributed by atoms with Crippen molar-refractivity contribution in [3.8, 4) is 11.5 Å². The summed E-state index contributed by atoms with van der Waals surface area (Å²) in [5, 5.41) is 5.42. The summed E-state index contributed by atoms with van der Waals surface area (Å²) in [6.45, 7) is 6.83. The summed E-state index contributed by atoms with van der Waals surface area (Å²) in [6.07, 6.45) is 0.774. The second-order valence-corrected chi connectivity index (χ2v) is 7.36. The Balaban J connectivity index is 1.78. The predicted molar refractivity (Wildman–Crippen MR) is 97.5 cm³/mol. The van der Waals surface area contributed by atoms with Crippen LogP contribution in [0.2, 0.25) is 0 Å². The van der Waals surface area contributed by atoms with Crippen LogP contribution < -0.4 is 20.1 Å². The van der Waals surface area contributed by atoms with Gasteiger partial charge in [0.25, 0.3) is 5.91 Å². The summed E-state index contributed by atoms with van der Waals surface area (Å²) in [7, 11) is 0. The Bertz CT molecular complexity index is 764. The molecule has 2 aliphatic rings. The monoisotopic (exact) mass is 375 g/mol. The standard InChI is InChI=1S/C19H25N3O5/c1-12(2)10-20-16(23)11-22-17(24)19(3,21-18(22)25)13-5-6-14-15(9-13)27-8-4-7-26-14/h5-6,9,12H,4,7-8,10-11H2,1-3H3,(H,20,23)(H,21,25). The van der Waals surface area contributed by atoms with Gasteiger partial charge in [0.1, 0.15) is 12.1 Å². The van der Waals surface area contributed by atoms with Gasteiger partial charge < -0.3 is 20.1 Å². The molecule has 1 fully saturated rings. The number of carbonyl (C=O) groups is 3. The van der Waals surface area contributed by atoms with Gasteiger partial charge in [-0.05, 0) is 30.5 Å². The van der Waals surface area contributed by atoms with Gasteiger partial charge in [0.05, 0.1) is 13.2 Å². The molecule has 0 radical (unpaired) electrons. The zero-order chi connectivity index (χ0) is 19.6. The highest BCUT2D eigenvalue weighted by molar-refractivity contribution is 6.09. The topological polar surface area (TPSA) is 97.0 Å². The Kier molecular flexibility index (Phi) is 5.25. The maximum atomic E-state index is 12.9. The molecule has 1 atom stereocenters. The lowest BCUT2D eigenvalue weighted by atomic mass is 9.91. The number of benzene rings is 1. The fourth-order valence-electron chi connectivity index (χ4n) is 3.03. The molecule has 2 N–H and O–H groups in total. The molecule has 0 spiro atoms. The number of hydrogen-bond donors (Lipinski definition) is 2. The summed E-state index contributed by atoms with van der Waals surface area (Å²) < 4.78 is 11.3. The number of ether oxygens (including phenoxy) is 2. The number of urea groups is 1. The predicted octanol–water partition coefficient (Wildman–Crippen LogP) is 1.39. The SMILES string of the molecule is CC(C)CNC(=O)CN1C(=O)NC(C)(c2ccc3c(c2)OCCCO3)C1=O. The normalized spacial score (nSPS) is 21.9. The molecular formula is C19H25N3O5. The molecule has 0 aromatic heterocycles. The quantitative estimate of drug-likeness (QED) is 0.758. The minimum absolute atomic E-state index is 0.282. The molecule has 8 nitrogen and oxygen atoms in total. The highest BCUT2D eigenvalue weighted by atomic mass is 16.5. The number of carbonyl (C=O) groups excluding carboxylic acids is 3. The molecule has 2 aliphatic heterocycles. The highest BCUT2D eigenvalue weighted by Gasteiger charge is 2.49. The molecule has 0 bridgehead atoms. The Hall–Kier alpha value is -2.77. The molecule has 146 valence electrons. The molecule has 1 aromatic rings. The smallest absolute Gasteiger partial charge is 0.325 e. The van der Waals surface area contributed by atoms with Crippen molar-refractivity contribution < 1.29 is 23.9 Å². The number of rotatable bonds is 5. The van der Waals surface area contributed by atoms with Crippen molar-refractivity contribution in [1.29, 1.82) is 0 Å². The number of fused-ring (bicyclic) bond motifs is 1. The van der Waals surface area contributed by atoms with Crippen LogP contribution in [-0.4, -0.2) is 49.0 Å². The summed E-state index contributed by atoms with van der Waals surface area (Å²) in [4.78, 5) is 38.3. The average Bonchev–Trinajstić information content (AvgIpc) is 2.81. The molecule has 2 heterocycles. The van der Waals surface area contributed by atoms with Crippen LogP contribution in [-0.2, 0) is 15.1 Å². The zero-order valence-electron chi connectivity index (χ0n) is 15.8. The van der Waals surface area contributed by atoms with Crippen molar-refractivity contribution in [3.05, 3.63) is 23.8 Å². The van der Waals surface area contributed by atoms with Crippen LogP contribution in [0.25, 0.3) is 0 Å². The first-order valence-corrected chi connectivity index (χ1v) is 9.12. The maximum absolute atomic E-state index is 12.9. The summed E-state index contributed by atoms with van der Waals surface area (Å²) in [6, 6.07) is 4.59. The van der Waals surface area contributed by atoms with Crippen LogP contribution in [0.1, 0.15) is 32.8 Å². The molecule has 0 aliphatic carbocycles. The molecule has 1 unspecified atom stereocenters. The van der Waals surface area contributed by atoms with Gasteiger partial charge in [0, 0.05) is 13.0 Å². The highest BCUT2D eigenvalue weighted by Crippen LogP contribution is 2.36. The minimum atomic E-state index is -1.26.